The van der Waals surface area contributed by atoms with Gasteiger partial charge in [0.05, 0.1) is 15.8 Å². The van der Waals surface area contributed by atoms with E-state index in [4.69, 9.17) is 23.2 Å². The van der Waals surface area contributed by atoms with E-state index in [9.17, 15) is 35.5 Å². The number of nitrogens with one attached hydrogen (secondary N) is 1. The number of nitrogens with zero attached hydrogens (tertiary/aromatic N) is 1. The Bertz CT molecular complexity index is 674. The van der Waals surface area contributed by atoms with Crippen LogP contribution in [0.3, 0.4) is 0 Å². The molecule has 0 bridgehead atoms. The van der Waals surface area contributed by atoms with Gasteiger partial charge >= 0.3 is 23.9 Å². The highest BCUT2D eigenvalue weighted by molar-refractivity contribution is 6.42. The Kier molecular flexibility index (Phi) is 5.77. The Hall–Kier alpha value is -1.55. The van der Waals surface area contributed by atoms with Crippen molar-refractivity contribution in [2.24, 2.45) is 5.10 Å². The normalized spacial score (nSPS) is 13.8. The molecule has 1 N–H and O–H groups in total. The number of carbonyl (C=O) groups is 1. The lowest BCUT2D eigenvalue weighted by molar-refractivity contribution is -0.344. The van der Waals surface area contributed by atoms with Crippen molar-refractivity contribution >= 4 is 34.8 Å². The van der Waals surface area contributed by atoms with Gasteiger partial charge in [-0.3, -0.25) is 4.79 Å². The van der Waals surface area contributed by atoms with E-state index in [2.05, 4.69) is 5.10 Å². The number of hydrazone groups is 1. The highest BCUT2D eigenvalue weighted by atomic mass is 35.5. The van der Waals surface area contributed by atoms with Crippen LogP contribution in [0.25, 0.3) is 0 Å². The van der Waals surface area contributed by atoms with Crippen molar-refractivity contribution in [1.82, 2.24) is 5.43 Å². The minimum atomic E-state index is -6.61. The van der Waals surface area contributed by atoms with Crippen LogP contribution in [0.1, 0.15) is 12.5 Å². The van der Waals surface area contributed by atoms with E-state index < -0.39 is 23.9 Å². The summed E-state index contributed by atoms with van der Waals surface area (Å²) in [7, 11) is 0. The maximum atomic E-state index is 13.1. The fourth-order valence-corrected chi connectivity index (χ4v) is 1.61. The third-order valence-electron chi connectivity index (χ3n) is 2.70. The first-order chi connectivity index (χ1) is 10.7. The van der Waals surface area contributed by atoms with Crippen LogP contribution in [-0.4, -0.2) is 29.6 Å². The predicted octanol–water partition coefficient (Wildman–Crippen LogP) is 4.67. The van der Waals surface area contributed by atoms with E-state index in [1.807, 2.05) is 0 Å². The largest absolute Gasteiger partial charge is 0.460 e. The molecule has 1 amide bonds. The summed E-state index contributed by atoms with van der Waals surface area (Å²) in [6.45, 7) is 1.17. The molecule has 12 heteroatoms. The van der Waals surface area contributed by atoms with Crippen LogP contribution in [0.4, 0.5) is 30.7 Å². The van der Waals surface area contributed by atoms with Crippen molar-refractivity contribution in [2.75, 3.05) is 0 Å². The van der Waals surface area contributed by atoms with Crippen LogP contribution in [0.2, 0.25) is 10.0 Å². The van der Waals surface area contributed by atoms with E-state index >= 15 is 0 Å². The molecule has 0 saturated heterocycles. The first-order valence-corrected chi connectivity index (χ1v) is 6.60. The monoisotopic (exact) mass is 398 g/mol. The van der Waals surface area contributed by atoms with E-state index in [-0.39, 0.29) is 21.3 Å². The van der Waals surface area contributed by atoms with Crippen molar-refractivity contribution in [3.63, 3.8) is 0 Å². The van der Waals surface area contributed by atoms with Crippen LogP contribution in [-0.2, 0) is 4.79 Å². The average molecular weight is 399 g/mol. The fraction of sp³-hybridized carbons (Fsp3) is 0.333. The summed E-state index contributed by atoms with van der Waals surface area (Å²) in [5.41, 5.74) is 0.952. The number of carbonyl (C=O) groups excluding carboxylic acids is 1. The van der Waals surface area contributed by atoms with Crippen molar-refractivity contribution in [1.29, 1.82) is 0 Å². The minimum absolute atomic E-state index is 0.0453. The summed E-state index contributed by atoms with van der Waals surface area (Å²) in [6.07, 6.45) is -6.61. The Balaban J connectivity index is 3.00. The number of halogens is 9. The maximum absolute atomic E-state index is 13.1. The zero-order valence-electron chi connectivity index (χ0n) is 11.5. The van der Waals surface area contributed by atoms with E-state index in [1.165, 1.54) is 25.1 Å². The van der Waals surface area contributed by atoms with Crippen molar-refractivity contribution in [2.45, 2.75) is 24.9 Å². The summed E-state index contributed by atoms with van der Waals surface area (Å²) in [5, 5.41) is 3.25. The van der Waals surface area contributed by atoms with Gasteiger partial charge in [0.1, 0.15) is 0 Å². The molecule has 0 atom stereocenters. The molecule has 1 aromatic rings. The van der Waals surface area contributed by atoms with Gasteiger partial charge in [-0.25, -0.2) is 5.43 Å². The smallest absolute Gasteiger partial charge is 0.266 e. The second-order valence-corrected chi connectivity index (χ2v) is 5.23. The molecule has 1 aromatic carbocycles. The topological polar surface area (TPSA) is 41.5 Å². The fourth-order valence-electron chi connectivity index (χ4n) is 1.31. The van der Waals surface area contributed by atoms with Crippen molar-refractivity contribution < 1.29 is 35.5 Å². The van der Waals surface area contributed by atoms with Gasteiger partial charge in [-0.1, -0.05) is 29.3 Å². The Labute approximate surface area is 140 Å². The quantitative estimate of drug-likeness (QED) is 0.447. The van der Waals surface area contributed by atoms with Gasteiger partial charge in [-0.05, 0) is 24.6 Å². The van der Waals surface area contributed by atoms with E-state index in [1.54, 1.807) is 0 Å². The van der Waals surface area contributed by atoms with Crippen LogP contribution >= 0.6 is 23.2 Å². The first kappa shape index (κ1) is 20.5. The highest BCUT2D eigenvalue weighted by Gasteiger charge is 2.76. The van der Waals surface area contributed by atoms with Gasteiger partial charge in [-0.2, -0.15) is 35.8 Å². The Morgan fingerprint density at radius 3 is 2.04 bits per heavy atom. The van der Waals surface area contributed by atoms with Crippen LogP contribution in [0.15, 0.2) is 23.3 Å². The molecule has 24 heavy (non-hydrogen) atoms. The number of amides is 1. The molecule has 1 rings (SSSR count). The summed E-state index contributed by atoms with van der Waals surface area (Å²) in [5.74, 6) is -15.5. The molecule has 0 aromatic heterocycles. The predicted molar refractivity (Wildman–Crippen MR) is 72.8 cm³/mol. The molecule has 0 aliphatic rings. The van der Waals surface area contributed by atoms with Crippen LogP contribution < -0.4 is 5.43 Å². The number of hydrogen-bond donors (Lipinski definition) is 1. The second-order valence-electron chi connectivity index (χ2n) is 4.41. The van der Waals surface area contributed by atoms with Crippen LogP contribution in [0, 0.1) is 0 Å². The molecule has 0 heterocycles. The van der Waals surface area contributed by atoms with Gasteiger partial charge in [0, 0.05) is 0 Å². The number of alkyl halides is 7. The molecule has 0 spiro atoms. The zero-order valence-corrected chi connectivity index (χ0v) is 13.0. The molecule has 0 saturated carbocycles. The number of hydrogen-bond acceptors (Lipinski definition) is 2. The third kappa shape index (κ3) is 3.92. The van der Waals surface area contributed by atoms with Crippen molar-refractivity contribution in [3.05, 3.63) is 33.8 Å². The summed E-state index contributed by atoms with van der Waals surface area (Å²) < 4.78 is 87.4. The Morgan fingerprint density at radius 2 is 1.58 bits per heavy atom. The van der Waals surface area contributed by atoms with E-state index in [0.29, 0.717) is 0 Å². The molecular weight excluding hydrogens is 392 g/mol. The maximum Gasteiger partial charge on any atom is 0.460 e. The van der Waals surface area contributed by atoms with Gasteiger partial charge in [0.25, 0.3) is 0 Å². The molecule has 0 unspecified atom stereocenters. The second kappa shape index (κ2) is 6.75. The van der Waals surface area contributed by atoms with Gasteiger partial charge < -0.3 is 0 Å². The van der Waals surface area contributed by atoms with Gasteiger partial charge in [-0.15, -0.1) is 0 Å². The van der Waals surface area contributed by atoms with Crippen molar-refractivity contribution in [3.8, 4) is 0 Å². The summed E-state index contributed by atoms with van der Waals surface area (Å²) in [4.78, 5) is 11.0. The zero-order chi connectivity index (χ0) is 18.9. The molecule has 0 radical (unpaired) electrons. The lowest BCUT2D eigenvalue weighted by atomic mass is 10.1. The van der Waals surface area contributed by atoms with Crippen LogP contribution in [0.5, 0.6) is 0 Å². The highest BCUT2D eigenvalue weighted by Crippen LogP contribution is 2.46. The molecule has 0 aliphatic carbocycles. The SMILES string of the molecule is C/C(=N\NC(=O)C(F)(F)C(F)(F)C(F)(F)F)c1ccc(Cl)c(Cl)c1. The first-order valence-electron chi connectivity index (χ1n) is 5.84. The molecule has 0 fully saturated rings. The number of benzene rings is 1. The Morgan fingerprint density at radius 1 is 1.04 bits per heavy atom. The third-order valence-corrected chi connectivity index (χ3v) is 3.44. The lowest BCUT2D eigenvalue weighted by Gasteiger charge is -2.26. The molecule has 0 aliphatic heterocycles. The molecule has 3 nitrogen and oxygen atoms in total. The van der Waals surface area contributed by atoms with Gasteiger partial charge in [0.2, 0.25) is 0 Å². The summed E-state index contributed by atoms with van der Waals surface area (Å²) >= 11 is 11.3. The summed E-state index contributed by atoms with van der Waals surface area (Å²) in [6, 6.07) is 3.82. The average Bonchev–Trinajstić information content (AvgIpc) is 2.45. The molecule has 134 valence electrons. The van der Waals surface area contributed by atoms with E-state index in [0.717, 1.165) is 5.43 Å². The van der Waals surface area contributed by atoms with Gasteiger partial charge in [0.15, 0.2) is 0 Å². The molecular formula is C12H7Cl2F7N2O. The lowest BCUT2D eigenvalue weighted by Crippen LogP contribution is -2.58. The minimum Gasteiger partial charge on any atom is -0.266 e. The standard InChI is InChI=1S/C12H7Cl2F7N2O/c1-5(6-2-3-7(13)8(14)4-6)22-23-9(24)10(15,16)11(17,18)12(19,20)21/h2-4H,1H3,(H,23,24)/b22-5+. The number of rotatable bonds is 4.